The Balaban J connectivity index is 2.73. The van der Waals surface area contributed by atoms with Crippen molar-refractivity contribution in [2.75, 3.05) is 0 Å². The molecule has 0 spiro atoms. The Morgan fingerprint density at radius 3 is 2.17 bits per heavy atom. The van der Waals surface area contributed by atoms with Crippen LogP contribution in [0, 0.1) is 5.41 Å². The first-order valence-electron chi connectivity index (χ1n) is 6.73. The fourth-order valence-corrected chi connectivity index (χ4v) is 1.83. The number of Topliss-reactive ketones (excluding diaryl/α,β-unsaturated/α-hetero) is 1. The topological polar surface area (TPSA) is 17.1 Å². The van der Waals surface area contributed by atoms with E-state index in [0.717, 1.165) is 6.42 Å². The standard InChI is InChI=1S/C17H26O/c1-16(2,3)14-9-7-8-13(12-14)10-11-15(18)17(4,5)6/h7-9,12H,10-11H2,1-6H3. The summed E-state index contributed by atoms with van der Waals surface area (Å²) in [5.74, 6) is 0.337. The molecule has 0 unspecified atom stereocenters. The van der Waals surface area contributed by atoms with Crippen LogP contribution in [0.25, 0.3) is 0 Å². The van der Waals surface area contributed by atoms with Crippen LogP contribution in [-0.2, 0) is 16.6 Å². The highest BCUT2D eigenvalue weighted by atomic mass is 16.1. The first kappa shape index (κ1) is 14.9. The lowest BCUT2D eigenvalue weighted by Gasteiger charge is -2.20. The van der Waals surface area contributed by atoms with E-state index in [0.29, 0.717) is 12.2 Å². The lowest BCUT2D eigenvalue weighted by Crippen LogP contribution is -2.20. The van der Waals surface area contributed by atoms with Gasteiger partial charge in [-0.2, -0.15) is 0 Å². The number of carbonyl (C=O) groups is 1. The van der Waals surface area contributed by atoms with Gasteiger partial charge >= 0.3 is 0 Å². The van der Waals surface area contributed by atoms with Crippen molar-refractivity contribution in [1.29, 1.82) is 0 Å². The Labute approximate surface area is 112 Å². The van der Waals surface area contributed by atoms with Gasteiger partial charge in [0.25, 0.3) is 0 Å². The largest absolute Gasteiger partial charge is 0.299 e. The van der Waals surface area contributed by atoms with E-state index >= 15 is 0 Å². The Kier molecular flexibility index (Phi) is 4.37. The first-order valence-corrected chi connectivity index (χ1v) is 6.73. The number of aryl methyl sites for hydroxylation is 1. The molecule has 0 heterocycles. The minimum atomic E-state index is -0.221. The quantitative estimate of drug-likeness (QED) is 0.765. The maximum absolute atomic E-state index is 11.9. The van der Waals surface area contributed by atoms with Crippen LogP contribution in [0.2, 0.25) is 0 Å². The van der Waals surface area contributed by atoms with Crippen LogP contribution in [-0.4, -0.2) is 5.78 Å². The highest BCUT2D eigenvalue weighted by Crippen LogP contribution is 2.24. The Bertz CT molecular complexity index is 416. The van der Waals surface area contributed by atoms with Crippen LogP contribution in [0.3, 0.4) is 0 Å². The van der Waals surface area contributed by atoms with Gasteiger partial charge in [0.05, 0.1) is 0 Å². The molecule has 0 amide bonds. The monoisotopic (exact) mass is 246 g/mol. The second kappa shape index (κ2) is 5.26. The summed E-state index contributed by atoms with van der Waals surface area (Å²) in [5, 5.41) is 0. The number of benzene rings is 1. The van der Waals surface area contributed by atoms with E-state index in [-0.39, 0.29) is 10.8 Å². The number of ketones is 1. The van der Waals surface area contributed by atoms with E-state index in [4.69, 9.17) is 0 Å². The normalized spacial score (nSPS) is 12.6. The van der Waals surface area contributed by atoms with Crippen molar-refractivity contribution < 1.29 is 4.79 Å². The number of carbonyl (C=O) groups excluding carboxylic acids is 1. The van der Waals surface area contributed by atoms with Crippen molar-refractivity contribution in [3.63, 3.8) is 0 Å². The molecule has 0 radical (unpaired) electrons. The molecule has 0 atom stereocenters. The molecule has 1 aromatic carbocycles. The van der Waals surface area contributed by atoms with Crippen LogP contribution in [0.15, 0.2) is 24.3 Å². The molecule has 0 aliphatic rings. The highest BCUT2D eigenvalue weighted by molar-refractivity contribution is 5.83. The third-order valence-corrected chi connectivity index (χ3v) is 3.27. The number of rotatable bonds is 3. The van der Waals surface area contributed by atoms with Gasteiger partial charge in [-0.1, -0.05) is 65.8 Å². The fourth-order valence-electron chi connectivity index (χ4n) is 1.83. The van der Waals surface area contributed by atoms with E-state index in [1.54, 1.807) is 0 Å². The van der Waals surface area contributed by atoms with Gasteiger partial charge in [-0.3, -0.25) is 4.79 Å². The minimum Gasteiger partial charge on any atom is -0.299 e. The molecule has 0 saturated carbocycles. The lowest BCUT2D eigenvalue weighted by atomic mass is 9.84. The van der Waals surface area contributed by atoms with Gasteiger partial charge in [-0.05, 0) is 23.0 Å². The summed E-state index contributed by atoms with van der Waals surface area (Å²) in [6.45, 7) is 12.6. The molecule has 0 aromatic heterocycles. The van der Waals surface area contributed by atoms with Gasteiger partial charge in [0.1, 0.15) is 5.78 Å². The van der Waals surface area contributed by atoms with E-state index in [9.17, 15) is 4.79 Å². The van der Waals surface area contributed by atoms with Gasteiger partial charge in [-0.25, -0.2) is 0 Å². The van der Waals surface area contributed by atoms with Gasteiger partial charge in [0.2, 0.25) is 0 Å². The van der Waals surface area contributed by atoms with Crippen molar-refractivity contribution in [1.82, 2.24) is 0 Å². The zero-order valence-corrected chi connectivity index (χ0v) is 12.6. The predicted octanol–water partition coefficient (Wildman–Crippen LogP) is 4.53. The average Bonchev–Trinajstić information content (AvgIpc) is 2.23. The zero-order chi connectivity index (χ0) is 14.0. The maximum atomic E-state index is 11.9. The van der Waals surface area contributed by atoms with Crippen molar-refractivity contribution in [3.05, 3.63) is 35.4 Å². The fraction of sp³-hybridized carbons (Fsp3) is 0.588. The SMILES string of the molecule is CC(C)(C)C(=O)CCc1cccc(C(C)(C)C)c1. The molecule has 1 nitrogen and oxygen atoms in total. The van der Waals surface area contributed by atoms with Gasteiger partial charge in [-0.15, -0.1) is 0 Å². The van der Waals surface area contributed by atoms with E-state index in [2.05, 4.69) is 45.0 Å². The first-order chi connectivity index (χ1) is 8.10. The molecular weight excluding hydrogens is 220 g/mol. The zero-order valence-electron chi connectivity index (χ0n) is 12.6. The maximum Gasteiger partial charge on any atom is 0.138 e. The Morgan fingerprint density at radius 1 is 1.06 bits per heavy atom. The van der Waals surface area contributed by atoms with Crippen molar-refractivity contribution in [2.24, 2.45) is 5.41 Å². The summed E-state index contributed by atoms with van der Waals surface area (Å²) in [6, 6.07) is 8.60. The molecule has 100 valence electrons. The number of hydrogen-bond acceptors (Lipinski definition) is 1. The summed E-state index contributed by atoms with van der Waals surface area (Å²) in [6.07, 6.45) is 1.48. The van der Waals surface area contributed by atoms with Gasteiger partial charge in [0.15, 0.2) is 0 Å². The Hall–Kier alpha value is -1.11. The molecule has 0 bridgehead atoms. The molecule has 0 saturated heterocycles. The summed E-state index contributed by atoms with van der Waals surface area (Å²) in [4.78, 5) is 11.9. The van der Waals surface area contributed by atoms with Crippen LogP contribution in [0.5, 0.6) is 0 Å². The van der Waals surface area contributed by atoms with Crippen LogP contribution in [0.4, 0.5) is 0 Å². The molecule has 18 heavy (non-hydrogen) atoms. The minimum absolute atomic E-state index is 0.171. The van der Waals surface area contributed by atoms with Gasteiger partial charge < -0.3 is 0 Å². The molecule has 0 aliphatic heterocycles. The summed E-state index contributed by atoms with van der Waals surface area (Å²) >= 11 is 0. The molecule has 0 aliphatic carbocycles. The van der Waals surface area contributed by atoms with Crippen LogP contribution in [0.1, 0.15) is 59.1 Å². The molecule has 1 rings (SSSR count). The molecule has 1 heteroatoms. The van der Waals surface area contributed by atoms with Crippen LogP contribution >= 0.6 is 0 Å². The molecule has 0 fully saturated rings. The van der Waals surface area contributed by atoms with Crippen LogP contribution < -0.4 is 0 Å². The third kappa shape index (κ3) is 4.29. The predicted molar refractivity (Wildman–Crippen MR) is 77.9 cm³/mol. The molecular formula is C17H26O. The highest BCUT2D eigenvalue weighted by Gasteiger charge is 2.20. The summed E-state index contributed by atoms with van der Waals surface area (Å²) in [7, 11) is 0. The summed E-state index contributed by atoms with van der Waals surface area (Å²) < 4.78 is 0. The van der Waals surface area contributed by atoms with Gasteiger partial charge in [0, 0.05) is 11.8 Å². The Morgan fingerprint density at radius 2 is 1.67 bits per heavy atom. The van der Waals surface area contributed by atoms with Crippen molar-refractivity contribution in [2.45, 2.75) is 59.8 Å². The van der Waals surface area contributed by atoms with E-state index in [1.807, 2.05) is 20.8 Å². The third-order valence-electron chi connectivity index (χ3n) is 3.27. The van der Waals surface area contributed by atoms with Crippen molar-refractivity contribution in [3.8, 4) is 0 Å². The van der Waals surface area contributed by atoms with E-state index in [1.165, 1.54) is 11.1 Å². The second-order valence-electron chi connectivity index (χ2n) is 7.12. The average molecular weight is 246 g/mol. The number of hydrogen-bond donors (Lipinski definition) is 0. The second-order valence-corrected chi connectivity index (χ2v) is 7.12. The molecule has 0 N–H and O–H groups in total. The smallest absolute Gasteiger partial charge is 0.138 e. The van der Waals surface area contributed by atoms with Crippen molar-refractivity contribution >= 4 is 5.78 Å². The molecule has 1 aromatic rings. The lowest BCUT2D eigenvalue weighted by molar-refractivity contribution is -0.126. The summed E-state index contributed by atoms with van der Waals surface area (Å²) in [5.41, 5.74) is 2.55. The van der Waals surface area contributed by atoms with E-state index < -0.39 is 0 Å².